The Morgan fingerprint density at radius 2 is 2.19 bits per heavy atom. The zero-order valence-electron chi connectivity index (χ0n) is 8.47. The van der Waals surface area contributed by atoms with E-state index in [9.17, 15) is 14.9 Å². The van der Waals surface area contributed by atoms with E-state index in [4.69, 9.17) is 0 Å². The molecule has 0 bridgehead atoms. The molecule has 0 radical (unpaired) electrons. The zero-order valence-corrected chi connectivity index (χ0v) is 8.47. The fraction of sp³-hybridized carbons (Fsp3) is 0.300. The van der Waals surface area contributed by atoms with Crippen LogP contribution in [0.25, 0.3) is 0 Å². The smallest absolute Gasteiger partial charge is 0.270 e. The first-order valence-electron chi connectivity index (χ1n) is 4.97. The molecule has 0 atom stereocenters. The van der Waals surface area contributed by atoms with Gasteiger partial charge in [-0.05, 0) is 18.9 Å². The third-order valence-corrected chi connectivity index (χ3v) is 2.29. The van der Waals surface area contributed by atoms with Gasteiger partial charge in [-0.3, -0.25) is 20.3 Å². The predicted molar refractivity (Wildman–Crippen MR) is 56.7 cm³/mol. The molecule has 2 N–H and O–H groups in total. The highest BCUT2D eigenvalue weighted by Gasteiger charge is 2.21. The molecule has 1 aromatic carbocycles. The number of nitro benzene ring substituents is 1. The standard InChI is InChI=1S/C10H11N3O3/c14-10(12-11-8-4-5-8)7-2-1-3-9(6-7)13(15)16/h1-3,6,8,11H,4-5H2,(H,12,14). The van der Waals surface area contributed by atoms with E-state index >= 15 is 0 Å². The molecule has 1 fully saturated rings. The van der Waals surface area contributed by atoms with Crippen molar-refractivity contribution in [2.45, 2.75) is 18.9 Å². The summed E-state index contributed by atoms with van der Waals surface area (Å²) in [5, 5.41) is 10.5. The maximum absolute atomic E-state index is 11.6. The molecule has 2 rings (SSSR count). The molecular weight excluding hydrogens is 210 g/mol. The predicted octanol–water partition coefficient (Wildman–Crippen LogP) is 0.992. The molecule has 1 amide bonds. The van der Waals surface area contributed by atoms with E-state index in [1.165, 1.54) is 24.3 Å². The lowest BCUT2D eigenvalue weighted by atomic mass is 10.2. The van der Waals surface area contributed by atoms with Crippen molar-refractivity contribution in [3.63, 3.8) is 0 Å². The fourth-order valence-electron chi connectivity index (χ4n) is 1.23. The summed E-state index contributed by atoms with van der Waals surface area (Å²) in [5.74, 6) is -0.351. The Kier molecular flexibility index (Phi) is 2.82. The maximum Gasteiger partial charge on any atom is 0.270 e. The number of nitrogens with one attached hydrogen (secondary N) is 2. The first-order chi connectivity index (χ1) is 7.66. The van der Waals surface area contributed by atoms with E-state index in [1.807, 2.05) is 0 Å². The maximum atomic E-state index is 11.6. The Hall–Kier alpha value is -1.95. The second-order valence-electron chi connectivity index (χ2n) is 3.68. The molecule has 1 saturated carbocycles. The van der Waals surface area contributed by atoms with Crippen molar-refractivity contribution in [3.05, 3.63) is 39.9 Å². The van der Waals surface area contributed by atoms with Crippen molar-refractivity contribution in [2.24, 2.45) is 0 Å². The van der Waals surface area contributed by atoms with Gasteiger partial charge in [-0.25, -0.2) is 5.43 Å². The molecule has 6 heteroatoms. The van der Waals surface area contributed by atoms with Gasteiger partial charge in [0, 0.05) is 23.7 Å². The fourth-order valence-corrected chi connectivity index (χ4v) is 1.23. The van der Waals surface area contributed by atoms with Crippen LogP contribution in [-0.2, 0) is 0 Å². The lowest BCUT2D eigenvalue weighted by Crippen LogP contribution is -2.38. The third kappa shape index (κ3) is 2.54. The number of nitro groups is 1. The highest BCUT2D eigenvalue weighted by molar-refractivity contribution is 5.94. The summed E-state index contributed by atoms with van der Waals surface area (Å²) in [6.07, 6.45) is 2.10. The summed E-state index contributed by atoms with van der Waals surface area (Å²) in [6.45, 7) is 0. The monoisotopic (exact) mass is 221 g/mol. The normalized spacial score (nSPS) is 14.5. The van der Waals surface area contributed by atoms with Gasteiger partial charge in [-0.15, -0.1) is 0 Å². The number of nitrogens with zero attached hydrogens (tertiary/aromatic N) is 1. The Labute approximate surface area is 91.8 Å². The first kappa shape index (κ1) is 10.6. The number of carbonyl (C=O) groups excluding carboxylic acids is 1. The number of carbonyl (C=O) groups is 1. The van der Waals surface area contributed by atoms with Gasteiger partial charge < -0.3 is 0 Å². The van der Waals surface area contributed by atoms with Crippen molar-refractivity contribution < 1.29 is 9.72 Å². The summed E-state index contributed by atoms with van der Waals surface area (Å²) in [7, 11) is 0. The SMILES string of the molecule is O=C(NNC1CC1)c1cccc([N+](=O)[O-])c1. The van der Waals surface area contributed by atoms with Crippen LogP contribution in [0.3, 0.4) is 0 Å². The highest BCUT2D eigenvalue weighted by atomic mass is 16.6. The lowest BCUT2D eigenvalue weighted by molar-refractivity contribution is -0.384. The molecule has 1 aliphatic carbocycles. The number of rotatable bonds is 4. The summed E-state index contributed by atoms with van der Waals surface area (Å²) in [6, 6.07) is 5.98. The van der Waals surface area contributed by atoms with E-state index in [0.717, 1.165) is 12.8 Å². The quantitative estimate of drug-likeness (QED) is 0.586. The average molecular weight is 221 g/mol. The molecule has 84 valence electrons. The first-order valence-corrected chi connectivity index (χ1v) is 4.97. The number of amides is 1. The molecule has 0 aromatic heterocycles. The van der Waals surface area contributed by atoms with Crippen LogP contribution >= 0.6 is 0 Å². The van der Waals surface area contributed by atoms with E-state index in [0.29, 0.717) is 6.04 Å². The molecule has 1 aromatic rings. The second-order valence-corrected chi connectivity index (χ2v) is 3.68. The highest BCUT2D eigenvalue weighted by Crippen LogP contribution is 2.17. The van der Waals surface area contributed by atoms with Crippen molar-refractivity contribution in [2.75, 3.05) is 0 Å². The molecule has 1 aliphatic rings. The van der Waals surface area contributed by atoms with Crippen LogP contribution < -0.4 is 10.9 Å². The second kappa shape index (κ2) is 4.28. The number of benzene rings is 1. The van der Waals surface area contributed by atoms with Gasteiger partial charge in [0.05, 0.1) is 4.92 Å². The van der Waals surface area contributed by atoms with Gasteiger partial charge in [-0.1, -0.05) is 6.07 Å². The van der Waals surface area contributed by atoms with Crippen LogP contribution in [0.1, 0.15) is 23.2 Å². The van der Waals surface area contributed by atoms with Crippen LogP contribution in [-0.4, -0.2) is 16.9 Å². The minimum Gasteiger partial charge on any atom is -0.287 e. The van der Waals surface area contributed by atoms with Crippen LogP contribution in [0.2, 0.25) is 0 Å². The molecular formula is C10H11N3O3. The van der Waals surface area contributed by atoms with E-state index in [-0.39, 0.29) is 17.2 Å². The van der Waals surface area contributed by atoms with Gasteiger partial charge in [0.2, 0.25) is 0 Å². The van der Waals surface area contributed by atoms with Crippen molar-refractivity contribution >= 4 is 11.6 Å². The summed E-state index contributed by atoms with van der Waals surface area (Å²) >= 11 is 0. The molecule has 6 nitrogen and oxygen atoms in total. The Morgan fingerprint density at radius 1 is 1.44 bits per heavy atom. The van der Waals surface area contributed by atoms with Crippen molar-refractivity contribution in [1.29, 1.82) is 0 Å². The molecule has 0 spiro atoms. The third-order valence-electron chi connectivity index (χ3n) is 2.29. The van der Waals surface area contributed by atoms with Gasteiger partial charge in [0.25, 0.3) is 11.6 Å². The van der Waals surface area contributed by atoms with Crippen molar-refractivity contribution in [3.8, 4) is 0 Å². The van der Waals surface area contributed by atoms with Gasteiger partial charge in [0.1, 0.15) is 0 Å². The molecule has 16 heavy (non-hydrogen) atoms. The minimum atomic E-state index is -0.523. The lowest BCUT2D eigenvalue weighted by Gasteiger charge is -2.05. The van der Waals surface area contributed by atoms with Crippen LogP contribution in [0, 0.1) is 10.1 Å². The van der Waals surface area contributed by atoms with Gasteiger partial charge in [-0.2, -0.15) is 0 Å². The van der Waals surface area contributed by atoms with Gasteiger partial charge >= 0.3 is 0 Å². The number of hydrogen-bond acceptors (Lipinski definition) is 4. The Bertz CT molecular complexity index is 429. The molecule has 0 saturated heterocycles. The topological polar surface area (TPSA) is 84.3 Å². The van der Waals surface area contributed by atoms with Crippen LogP contribution in [0.4, 0.5) is 5.69 Å². The molecule has 0 aliphatic heterocycles. The van der Waals surface area contributed by atoms with Crippen molar-refractivity contribution in [1.82, 2.24) is 10.9 Å². The largest absolute Gasteiger partial charge is 0.287 e. The van der Waals surface area contributed by atoms with E-state index in [2.05, 4.69) is 10.9 Å². The number of hydrazine groups is 1. The van der Waals surface area contributed by atoms with Crippen LogP contribution in [0.5, 0.6) is 0 Å². The molecule has 0 unspecified atom stereocenters. The molecule has 0 heterocycles. The summed E-state index contributed by atoms with van der Waals surface area (Å²) in [4.78, 5) is 21.5. The number of non-ortho nitro benzene ring substituents is 1. The van der Waals surface area contributed by atoms with Gasteiger partial charge in [0.15, 0.2) is 0 Å². The minimum absolute atomic E-state index is 0.0842. The number of hydrogen-bond donors (Lipinski definition) is 2. The summed E-state index contributed by atoms with van der Waals surface area (Å²) < 4.78 is 0. The van der Waals surface area contributed by atoms with Crippen LogP contribution in [0.15, 0.2) is 24.3 Å². The Balaban J connectivity index is 2.03. The van der Waals surface area contributed by atoms with E-state index in [1.54, 1.807) is 0 Å². The van der Waals surface area contributed by atoms with E-state index < -0.39 is 4.92 Å². The Morgan fingerprint density at radius 3 is 2.81 bits per heavy atom. The average Bonchev–Trinajstić information content (AvgIpc) is 3.10. The zero-order chi connectivity index (χ0) is 11.5. The summed E-state index contributed by atoms with van der Waals surface area (Å²) in [5.41, 5.74) is 5.55.